The molecule has 0 aliphatic rings. The molecule has 154 valence electrons. The number of halogens is 2. The number of hydrogen-bond acceptors (Lipinski definition) is 5. The number of pyridine rings is 1. The summed E-state index contributed by atoms with van der Waals surface area (Å²) in [6, 6.07) is 13.8. The van der Waals surface area contributed by atoms with Gasteiger partial charge in [-0.05, 0) is 30.7 Å². The average Bonchev–Trinajstić information content (AvgIpc) is 3.19. The van der Waals surface area contributed by atoms with Gasteiger partial charge in [0, 0.05) is 43.8 Å². The summed E-state index contributed by atoms with van der Waals surface area (Å²) in [5, 5.41) is 7.35. The van der Waals surface area contributed by atoms with Gasteiger partial charge in [-0.25, -0.2) is 0 Å². The maximum absolute atomic E-state index is 5.29. The molecule has 0 amide bonds. The molecule has 0 fully saturated rings. The molecule has 0 radical (unpaired) electrons. The first-order valence-electron chi connectivity index (χ1n) is 9.14. The lowest BCUT2D eigenvalue weighted by Gasteiger charge is -2.22. The lowest BCUT2D eigenvalue weighted by Crippen LogP contribution is -2.38. The van der Waals surface area contributed by atoms with Crippen LogP contribution in [0.2, 0.25) is 0 Å². The van der Waals surface area contributed by atoms with Gasteiger partial charge in [0.25, 0.3) is 5.89 Å². The second-order valence-corrected chi connectivity index (χ2v) is 7.02. The third-order valence-electron chi connectivity index (χ3n) is 4.01. The minimum atomic E-state index is 0. The van der Waals surface area contributed by atoms with E-state index >= 15 is 0 Å². The van der Waals surface area contributed by atoms with Crippen molar-refractivity contribution < 1.29 is 4.52 Å². The van der Waals surface area contributed by atoms with Gasteiger partial charge in [0.05, 0.1) is 0 Å². The average molecular weight is 571 g/mol. The molecule has 9 heteroatoms. The van der Waals surface area contributed by atoms with E-state index in [4.69, 9.17) is 9.52 Å². The van der Waals surface area contributed by atoms with Crippen LogP contribution in [-0.2, 0) is 13.0 Å². The Kier molecular flexibility index (Phi) is 9.52. The van der Waals surface area contributed by atoms with E-state index in [-0.39, 0.29) is 24.0 Å². The molecule has 0 saturated heterocycles. The van der Waals surface area contributed by atoms with Crippen molar-refractivity contribution in [2.24, 2.45) is 4.99 Å². The Morgan fingerprint density at radius 3 is 2.72 bits per heavy atom. The number of aliphatic imine (C=N–C) groups is 1. The molecule has 1 aromatic carbocycles. The molecule has 3 rings (SSSR count). The van der Waals surface area contributed by atoms with E-state index in [0.717, 1.165) is 23.5 Å². The van der Waals surface area contributed by atoms with Gasteiger partial charge in [-0.1, -0.05) is 45.4 Å². The maximum atomic E-state index is 5.29. The molecule has 0 atom stereocenters. The largest absolute Gasteiger partial charge is 0.357 e. The van der Waals surface area contributed by atoms with Crippen LogP contribution in [0, 0.1) is 0 Å². The molecule has 0 spiro atoms. The Labute approximate surface area is 196 Å². The predicted octanol–water partition coefficient (Wildman–Crippen LogP) is 4.15. The van der Waals surface area contributed by atoms with Crippen molar-refractivity contribution in [1.29, 1.82) is 0 Å². The van der Waals surface area contributed by atoms with Gasteiger partial charge in [-0.2, -0.15) is 4.98 Å². The molecule has 0 unspecified atom stereocenters. The zero-order valence-electron chi connectivity index (χ0n) is 16.4. The first-order chi connectivity index (χ1) is 13.7. The third kappa shape index (κ3) is 6.77. The highest BCUT2D eigenvalue weighted by Crippen LogP contribution is 2.17. The summed E-state index contributed by atoms with van der Waals surface area (Å²) in [4.78, 5) is 15.4. The highest BCUT2D eigenvalue weighted by Gasteiger charge is 2.11. The van der Waals surface area contributed by atoms with Crippen molar-refractivity contribution in [1.82, 2.24) is 25.3 Å². The topological polar surface area (TPSA) is 79.4 Å². The van der Waals surface area contributed by atoms with Gasteiger partial charge in [-0.15, -0.1) is 24.0 Å². The Morgan fingerprint density at radius 2 is 2.00 bits per heavy atom. The van der Waals surface area contributed by atoms with E-state index in [2.05, 4.69) is 54.3 Å². The van der Waals surface area contributed by atoms with Crippen molar-refractivity contribution in [3.63, 3.8) is 0 Å². The van der Waals surface area contributed by atoms with E-state index in [1.807, 2.05) is 43.4 Å². The Bertz CT molecular complexity index is 918. The minimum absolute atomic E-state index is 0. The van der Waals surface area contributed by atoms with Gasteiger partial charge in [-0.3, -0.25) is 9.98 Å². The molecule has 0 aliphatic heterocycles. The standard InChI is InChI=1S/C20H23BrN6O.HI/c1-3-22-20(27(2)14-15-8-4-5-9-16(15)21)24-13-11-18-25-19(28-26-18)17-10-6-7-12-23-17;/h4-10,12H,3,11,13-14H2,1-2H3,(H,22,24);1H. The molecule has 0 bridgehead atoms. The Hall–Kier alpha value is -2.01. The fraction of sp³-hybridized carbons (Fsp3) is 0.300. The van der Waals surface area contributed by atoms with Gasteiger partial charge in [0.15, 0.2) is 11.8 Å². The molecule has 29 heavy (non-hydrogen) atoms. The van der Waals surface area contributed by atoms with Gasteiger partial charge in [0.2, 0.25) is 0 Å². The number of nitrogens with one attached hydrogen (secondary N) is 1. The molecule has 0 aliphatic carbocycles. The first-order valence-corrected chi connectivity index (χ1v) is 9.93. The van der Waals surface area contributed by atoms with Gasteiger partial charge in [0.1, 0.15) is 5.69 Å². The van der Waals surface area contributed by atoms with E-state index in [9.17, 15) is 0 Å². The highest BCUT2D eigenvalue weighted by molar-refractivity contribution is 14.0. The molecular formula is C20H24BrIN6O. The quantitative estimate of drug-likeness (QED) is 0.261. The zero-order chi connectivity index (χ0) is 19.8. The number of hydrogen-bond donors (Lipinski definition) is 1. The van der Waals surface area contributed by atoms with E-state index in [1.54, 1.807) is 6.20 Å². The van der Waals surface area contributed by atoms with Crippen LogP contribution in [0.25, 0.3) is 11.6 Å². The van der Waals surface area contributed by atoms with E-state index in [1.165, 1.54) is 5.56 Å². The van der Waals surface area contributed by atoms with Crippen LogP contribution in [-0.4, -0.2) is 46.1 Å². The minimum Gasteiger partial charge on any atom is -0.357 e. The summed E-state index contributed by atoms with van der Waals surface area (Å²) in [5.74, 6) is 1.89. The number of benzene rings is 1. The molecule has 3 aromatic rings. The predicted molar refractivity (Wildman–Crippen MR) is 128 cm³/mol. The number of guanidine groups is 1. The lowest BCUT2D eigenvalue weighted by atomic mass is 10.2. The second-order valence-electron chi connectivity index (χ2n) is 6.16. The van der Waals surface area contributed by atoms with Crippen LogP contribution in [0.3, 0.4) is 0 Å². The van der Waals surface area contributed by atoms with Crippen LogP contribution < -0.4 is 5.32 Å². The molecule has 0 saturated carbocycles. The normalized spacial score (nSPS) is 11.1. The fourth-order valence-electron chi connectivity index (χ4n) is 2.64. The van der Waals surface area contributed by atoms with E-state index in [0.29, 0.717) is 30.4 Å². The zero-order valence-corrected chi connectivity index (χ0v) is 20.3. The maximum Gasteiger partial charge on any atom is 0.276 e. The van der Waals surface area contributed by atoms with Crippen LogP contribution in [0.15, 0.2) is 62.6 Å². The van der Waals surface area contributed by atoms with Crippen molar-refractivity contribution in [2.75, 3.05) is 20.1 Å². The summed E-state index contributed by atoms with van der Waals surface area (Å²) < 4.78 is 6.38. The monoisotopic (exact) mass is 570 g/mol. The fourth-order valence-corrected chi connectivity index (χ4v) is 3.05. The summed E-state index contributed by atoms with van der Waals surface area (Å²) >= 11 is 3.60. The second kappa shape index (κ2) is 11.9. The Morgan fingerprint density at radius 1 is 1.21 bits per heavy atom. The Balaban J connectivity index is 0.00000300. The number of nitrogens with zero attached hydrogens (tertiary/aromatic N) is 5. The number of rotatable bonds is 7. The molecule has 7 nitrogen and oxygen atoms in total. The van der Waals surface area contributed by atoms with Crippen LogP contribution in [0.1, 0.15) is 18.3 Å². The molecular weight excluding hydrogens is 547 g/mol. The summed E-state index contributed by atoms with van der Waals surface area (Å²) in [7, 11) is 2.02. The summed E-state index contributed by atoms with van der Waals surface area (Å²) in [6.07, 6.45) is 2.29. The van der Waals surface area contributed by atoms with E-state index < -0.39 is 0 Å². The molecule has 2 heterocycles. The van der Waals surface area contributed by atoms with Crippen LogP contribution in [0.4, 0.5) is 0 Å². The van der Waals surface area contributed by atoms with Crippen molar-refractivity contribution >= 4 is 45.9 Å². The summed E-state index contributed by atoms with van der Waals surface area (Å²) in [6.45, 7) is 4.16. The summed E-state index contributed by atoms with van der Waals surface area (Å²) in [5.41, 5.74) is 1.88. The molecule has 1 N–H and O–H groups in total. The first kappa shape index (κ1) is 23.3. The highest BCUT2D eigenvalue weighted by atomic mass is 127. The van der Waals surface area contributed by atoms with Crippen molar-refractivity contribution in [2.45, 2.75) is 19.9 Å². The van der Waals surface area contributed by atoms with Crippen LogP contribution in [0.5, 0.6) is 0 Å². The molecule has 2 aromatic heterocycles. The van der Waals surface area contributed by atoms with Gasteiger partial charge >= 0.3 is 0 Å². The van der Waals surface area contributed by atoms with Crippen molar-refractivity contribution in [3.8, 4) is 11.6 Å². The number of aromatic nitrogens is 3. The van der Waals surface area contributed by atoms with Crippen LogP contribution >= 0.6 is 39.9 Å². The lowest BCUT2D eigenvalue weighted by molar-refractivity contribution is 0.421. The van der Waals surface area contributed by atoms with Gasteiger partial charge < -0.3 is 14.7 Å². The smallest absolute Gasteiger partial charge is 0.276 e. The third-order valence-corrected chi connectivity index (χ3v) is 4.78. The van der Waals surface area contributed by atoms with Crippen molar-refractivity contribution in [3.05, 3.63) is 64.5 Å². The SMILES string of the molecule is CCNC(=NCCc1noc(-c2ccccn2)n1)N(C)Cc1ccccc1Br.I.